The molecule has 2 aromatic rings. The average Bonchev–Trinajstić information content (AvgIpc) is 2.94. The molecular weight excluding hydrogens is 447 g/mol. The van der Waals surface area contributed by atoms with Gasteiger partial charge in [-0.3, -0.25) is 4.79 Å². The first-order chi connectivity index (χ1) is 14.1. The molecule has 1 amide bonds. The van der Waals surface area contributed by atoms with E-state index in [1.807, 2.05) is 19.0 Å². The highest BCUT2D eigenvalue weighted by molar-refractivity contribution is 7.95. The second-order valence-electron chi connectivity index (χ2n) is 7.28. The molecule has 0 unspecified atom stereocenters. The number of benzene rings is 2. The number of halogens is 2. The number of amides is 1. The van der Waals surface area contributed by atoms with Crippen molar-refractivity contribution in [3.05, 3.63) is 74.8 Å². The highest BCUT2D eigenvalue weighted by Gasteiger charge is 2.46. The monoisotopic (exact) mass is 468 g/mol. The summed E-state index contributed by atoms with van der Waals surface area (Å²) in [6.07, 6.45) is 0.615. The van der Waals surface area contributed by atoms with Crippen LogP contribution in [0.3, 0.4) is 0 Å². The van der Waals surface area contributed by atoms with Gasteiger partial charge in [-0.1, -0.05) is 35.3 Å². The van der Waals surface area contributed by atoms with Crippen molar-refractivity contribution in [2.75, 3.05) is 27.2 Å². The highest BCUT2D eigenvalue weighted by atomic mass is 35.5. The molecule has 0 aromatic heterocycles. The average molecular weight is 469 g/mol. The Kier molecular flexibility index (Phi) is 6.77. The van der Waals surface area contributed by atoms with Crippen molar-refractivity contribution in [1.82, 2.24) is 9.80 Å². The lowest BCUT2D eigenvalue weighted by Gasteiger charge is -2.27. The third-order valence-electron chi connectivity index (χ3n) is 4.86. The quantitative estimate of drug-likeness (QED) is 0.662. The molecule has 1 aliphatic rings. The summed E-state index contributed by atoms with van der Waals surface area (Å²) < 4.78 is 26.8. The van der Waals surface area contributed by atoms with E-state index in [4.69, 9.17) is 23.2 Å². The maximum atomic E-state index is 13.4. The van der Waals surface area contributed by atoms with Gasteiger partial charge in [0.05, 0.1) is 10.9 Å². The standard InChI is InChI=1S/C21H22Cl2N2O4S/c1-24(2)12-3-13-25-18(14-4-6-15(22)7-5-14)20(19(26)21(25)27)30(28,29)17-10-8-16(23)9-11-17/h4-11,18,26H,3,12-13H2,1-2H3/t18-/m0/s1. The predicted molar refractivity (Wildman–Crippen MR) is 117 cm³/mol. The van der Waals surface area contributed by atoms with Gasteiger partial charge < -0.3 is 14.9 Å². The maximum Gasteiger partial charge on any atom is 0.290 e. The lowest BCUT2D eigenvalue weighted by molar-refractivity contribution is -0.129. The minimum atomic E-state index is -4.15. The van der Waals surface area contributed by atoms with Crippen molar-refractivity contribution in [2.24, 2.45) is 0 Å². The molecule has 0 saturated heterocycles. The normalized spacial score (nSPS) is 17.3. The fourth-order valence-corrected chi connectivity index (χ4v) is 5.31. The number of rotatable bonds is 7. The molecule has 160 valence electrons. The van der Waals surface area contributed by atoms with Gasteiger partial charge in [-0.25, -0.2) is 8.42 Å². The zero-order valence-corrected chi connectivity index (χ0v) is 18.9. The van der Waals surface area contributed by atoms with Crippen LogP contribution in [0.4, 0.5) is 0 Å². The van der Waals surface area contributed by atoms with E-state index in [0.29, 0.717) is 28.6 Å². The van der Waals surface area contributed by atoms with Crippen molar-refractivity contribution >= 4 is 38.9 Å². The predicted octanol–water partition coefficient (Wildman–Crippen LogP) is 4.07. The van der Waals surface area contributed by atoms with Gasteiger partial charge in [0.2, 0.25) is 9.84 Å². The molecule has 0 saturated carbocycles. The topological polar surface area (TPSA) is 77.9 Å². The summed E-state index contributed by atoms with van der Waals surface area (Å²) in [7, 11) is -0.332. The summed E-state index contributed by atoms with van der Waals surface area (Å²) >= 11 is 11.9. The van der Waals surface area contributed by atoms with Crippen LogP contribution in [-0.4, -0.2) is 56.4 Å². The number of hydrogen-bond donors (Lipinski definition) is 1. The van der Waals surface area contributed by atoms with E-state index in [1.165, 1.54) is 29.2 Å². The third kappa shape index (κ3) is 4.49. The Labute approximate surface area is 186 Å². The largest absolute Gasteiger partial charge is 0.502 e. The Bertz CT molecular complexity index is 1070. The zero-order chi connectivity index (χ0) is 22.1. The molecule has 1 N–H and O–H groups in total. The number of nitrogens with zero attached hydrogens (tertiary/aromatic N) is 2. The van der Waals surface area contributed by atoms with Gasteiger partial charge >= 0.3 is 0 Å². The molecule has 0 aliphatic carbocycles. The van der Waals surface area contributed by atoms with Crippen molar-refractivity contribution in [3.8, 4) is 0 Å². The van der Waals surface area contributed by atoms with Crippen LogP contribution in [-0.2, 0) is 14.6 Å². The van der Waals surface area contributed by atoms with Crippen molar-refractivity contribution < 1.29 is 18.3 Å². The van der Waals surface area contributed by atoms with E-state index in [2.05, 4.69) is 0 Å². The Morgan fingerprint density at radius 1 is 1.00 bits per heavy atom. The molecule has 1 atom stereocenters. The first-order valence-electron chi connectivity index (χ1n) is 9.28. The summed E-state index contributed by atoms with van der Waals surface area (Å²) in [4.78, 5) is 15.9. The SMILES string of the molecule is CN(C)CCCN1C(=O)C(O)=C(S(=O)(=O)c2ccc(Cl)cc2)[C@@H]1c1ccc(Cl)cc1. The van der Waals surface area contributed by atoms with Gasteiger partial charge in [0.1, 0.15) is 4.91 Å². The maximum absolute atomic E-state index is 13.4. The smallest absolute Gasteiger partial charge is 0.290 e. The van der Waals surface area contributed by atoms with Crippen LogP contribution in [0.1, 0.15) is 18.0 Å². The lowest BCUT2D eigenvalue weighted by Crippen LogP contribution is -2.33. The number of carbonyl (C=O) groups is 1. The summed E-state index contributed by atoms with van der Waals surface area (Å²) in [5.41, 5.74) is 0.550. The summed E-state index contributed by atoms with van der Waals surface area (Å²) in [6, 6.07) is 11.3. The van der Waals surface area contributed by atoms with Crippen LogP contribution in [0.5, 0.6) is 0 Å². The zero-order valence-electron chi connectivity index (χ0n) is 16.5. The van der Waals surface area contributed by atoms with E-state index in [9.17, 15) is 18.3 Å². The van der Waals surface area contributed by atoms with Crippen LogP contribution in [0, 0.1) is 0 Å². The van der Waals surface area contributed by atoms with Gasteiger partial charge in [0.15, 0.2) is 5.76 Å². The van der Waals surface area contributed by atoms with Crippen molar-refractivity contribution in [3.63, 3.8) is 0 Å². The van der Waals surface area contributed by atoms with Gasteiger partial charge in [0.25, 0.3) is 5.91 Å². The molecule has 0 fully saturated rings. The molecule has 1 heterocycles. The number of sulfone groups is 1. The van der Waals surface area contributed by atoms with E-state index in [-0.39, 0.29) is 16.3 Å². The first-order valence-corrected chi connectivity index (χ1v) is 11.5. The fraction of sp³-hybridized carbons (Fsp3) is 0.286. The van der Waals surface area contributed by atoms with Crippen LogP contribution >= 0.6 is 23.2 Å². The number of aliphatic hydroxyl groups is 1. The summed E-state index contributed by atoms with van der Waals surface area (Å²) in [5, 5.41) is 11.5. The molecule has 3 rings (SSSR count). The van der Waals surface area contributed by atoms with Gasteiger partial charge in [-0.05, 0) is 69.0 Å². The van der Waals surface area contributed by atoms with Crippen LogP contribution < -0.4 is 0 Å². The minimum absolute atomic E-state index is 0.0460. The van der Waals surface area contributed by atoms with Gasteiger partial charge in [-0.15, -0.1) is 0 Å². The molecule has 1 aliphatic heterocycles. The number of hydrogen-bond acceptors (Lipinski definition) is 5. The van der Waals surface area contributed by atoms with Crippen molar-refractivity contribution in [1.29, 1.82) is 0 Å². The fourth-order valence-electron chi connectivity index (χ4n) is 3.41. The molecule has 6 nitrogen and oxygen atoms in total. The van der Waals surface area contributed by atoms with E-state index < -0.39 is 27.5 Å². The molecular formula is C21H22Cl2N2O4S. The third-order valence-corrected chi connectivity index (χ3v) is 7.25. The van der Waals surface area contributed by atoms with E-state index >= 15 is 0 Å². The number of carbonyl (C=O) groups excluding carboxylic acids is 1. The lowest BCUT2D eigenvalue weighted by atomic mass is 10.1. The Balaban J connectivity index is 2.09. The highest BCUT2D eigenvalue weighted by Crippen LogP contribution is 2.42. The molecule has 9 heteroatoms. The molecule has 30 heavy (non-hydrogen) atoms. The van der Waals surface area contributed by atoms with Gasteiger partial charge in [0, 0.05) is 16.6 Å². The van der Waals surface area contributed by atoms with Crippen LogP contribution in [0.25, 0.3) is 0 Å². The Hall–Kier alpha value is -2.06. The van der Waals surface area contributed by atoms with E-state index in [0.717, 1.165) is 0 Å². The molecule has 0 spiro atoms. The second kappa shape index (κ2) is 8.98. The van der Waals surface area contributed by atoms with Gasteiger partial charge in [-0.2, -0.15) is 0 Å². The van der Waals surface area contributed by atoms with Crippen LogP contribution in [0.15, 0.2) is 64.1 Å². The van der Waals surface area contributed by atoms with Crippen molar-refractivity contribution in [2.45, 2.75) is 17.4 Å². The molecule has 0 radical (unpaired) electrons. The second-order valence-corrected chi connectivity index (χ2v) is 10.1. The Morgan fingerprint density at radius 2 is 1.53 bits per heavy atom. The number of aliphatic hydroxyl groups excluding tert-OH is 1. The van der Waals surface area contributed by atoms with E-state index in [1.54, 1.807) is 24.3 Å². The molecule has 0 bridgehead atoms. The summed E-state index contributed by atoms with van der Waals surface area (Å²) in [6.45, 7) is 0.991. The first kappa shape index (κ1) is 22.6. The Morgan fingerprint density at radius 3 is 2.07 bits per heavy atom. The minimum Gasteiger partial charge on any atom is -0.502 e. The van der Waals surface area contributed by atoms with Crippen LogP contribution in [0.2, 0.25) is 10.0 Å². The molecule has 2 aromatic carbocycles. The summed E-state index contributed by atoms with van der Waals surface area (Å²) in [5.74, 6) is -1.46.